The normalized spacial score (nSPS) is 12.2. The summed E-state index contributed by atoms with van der Waals surface area (Å²) in [6, 6.07) is 1.35. The van der Waals surface area contributed by atoms with E-state index >= 15 is 0 Å². The molecule has 0 unspecified atom stereocenters. The number of aromatic nitrogens is 1. The van der Waals surface area contributed by atoms with Crippen LogP contribution in [0, 0.1) is 0 Å². The van der Waals surface area contributed by atoms with Crippen molar-refractivity contribution in [1.29, 1.82) is 0 Å². The van der Waals surface area contributed by atoms with Gasteiger partial charge < -0.3 is 0 Å². The predicted octanol–water partition coefficient (Wildman–Crippen LogP) is 3.88. The molecule has 0 saturated heterocycles. The fourth-order valence-electron chi connectivity index (χ4n) is 1.21. The van der Waals surface area contributed by atoms with Gasteiger partial charge in [0.1, 0.15) is 5.15 Å². The zero-order valence-corrected chi connectivity index (χ0v) is 8.45. The van der Waals surface area contributed by atoms with Gasteiger partial charge in [-0.3, -0.25) is 0 Å². The molecule has 1 heterocycles. The van der Waals surface area contributed by atoms with Crippen LogP contribution in [0.1, 0.15) is 30.9 Å². The fourth-order valence-corrected chi connectivity index (χ4v) is 1.48. The van der Waals surface area contributed by atoms with E-state index in [2.05, 4.69) is 4.98 Å². The Bertz CT molecular complexity index is 333. The molecule has 1 rings (SSSR count). The highest BCUT2D eigenvalue weighted by atomic mass is 35.5. The van der Waals surface area contributed by atoms with Crippen LogP contribution in [0.25, 0.3) is 0 Å². The number of rotatable bonds is 1. The predicted molar refractivity (Wildman–Crippen MR) is 48.3 cm³/mol. The summed E-state index contributed by atoms with van der Waals surface area (Å²) in [4.78, 5) is 3.43. The van der Waals surface area contributed by atoms with Crippen molar-refractivity contribution in [3.63, 3.8) is 0 Å². The van der Waals surface area contributed by atoms with E-state index in [4.69, 9.17) is 11.6 Å². The van der Waals surface area contributed by atoms with E-state index in [1.54, 1.807) is 13.8 Å². The number of pyridine rings is 1. The van der Waals surface area contributed by atoms with Gasteiger partial charge in [-0.1, -0.05) is 25.4 Å². The van der Waals surface area contributed by atoms with E-state index in [0.29, 0.717) is 0 Å². The molecule has 0 radical (unpaired) electrons. The molecule has 78 valence electrons. The molecule has 0 aliphatic heterocycles. The van der Waals surface area contributed by atoms with Crippen LogP contribution >= 0.6 is 11.6 Å². The lowest BCUT2D eigenvalue weighted by atomic mass is 9.99. The lowest BCUT2D eigenvalue weighted by Crippen LogP contribution is -2.11. The minimum Gasteiger partial charge on any atom is -0.244 e. The van der Waals surface area contributed by atoms with Crippen molar-refractivity contribution < 1.29 is 13.2 Å². The summed E-state index contributed by atoms with van der Waals surface area (Å²) in [5, 5.41) is -0.483. The first-order chi connectivity index (χ1) is 6.34. The first kappa shape index (κ1) is 11.3. The van der Waals surface area contributed by atoms with Crippen LogP contribution in [0.15, 0.2) is 12.3 Å². The van der Waals surface area contributed by atoms with Gasteiger partial charge in [-0.25, -0.2) is 4.98 Å². The van der Waals surface area contributed by atoms with Crippen LogP contribution in [0.2, 0.25) is 5.15 Å². The summed E-state index contributed by atoms with van der Waals surface area (Å²) < 4.78 is 37.6. The maximum Gasteiger partial charge on any atom is 0.419 e. The zero-order valence-electron chi connectivity index (χ0n) is 7.69. The average molecular weight is 224 g/mol. The van der Waals surface area contributed by atoms with Gasteiger partial charge in [0.2, 0.25) is 0 Å². The first-order valence-corrected chi connectivity index (χ1v) is 4.43. The Morgan fingerprint density at radius 1 is 1.36 bits per heavy atom. The molecule has 0 atom stereocenters. The van der Waals surface area contributed by atoms with Crippen molar-refractivity contribution in [2.45, 2.75) is 25.9 Å². The van der Waals surface area contributed by atoms with Gasteiger partial charge in [0, 0.05) is 6.20 Å². The second-order valence-electron chi connectivity index (χ2n) is 3.22. The standard InChI is InChI=1S/C9H9ClF3N/c1-5(2)6-3-4-14-8(10)7(6)9(11,12)13/h3-5H,1-2H3. The molecule has 14 heavy (non-hydrogen) atoms. The number of alkyl halides is 3. The van der Waals surface area contributed by atoms with Crippen molar-refractivity contribution in [3.05, 3.63) is 28.5 Å². The molecule has 0 aliphatic rings. The number of nitrogens with zero attached hydrogens (tertiary/aromatic N) is 1. The molecule has 1 aromatic rings. The van der Waals surface area contributed by atoms with Gasteiger partial charge in [0.15, 0.2) is 0 Å². The largest absolute Gasteiger partial charge is 0.419 e. The van der Waals surface area contributed by atoms with Gasteiger partial charge in [-0.15, -0.1) is 0 Å². The molecule has 5 heteroatoms. The minimum absolute atomic E-state index is 0.178. The van der Waals surface area contributed by atoms with Crippen LogP contribution in [-0.4, -0.2) is 4.98 Å². The summed E-state index contributed by atoms with van der Waals surface area (Å²) >= 11 is 5.43. The highest BCUT2D eigenvalue weighted by Crippen LogP contribution is 2.38. The van der Waals surface area contributed by atoms with Crippen molar-refractivity contribution in [1.82, 2.24) is 4.98 Å². The van der Waals surface area contributed by atoms with Crippen LogP contribution in [0.3, 0.4) is 0 Å². The maximum absolute atomic E-state index is 12.5. The molecule has 0 aromatic carbocycles. The van der Waals surface area contributed by atoms with Gasteiger partial charge in [0.25, 0.3) is 0 Å². The Balaban J connectivity index is 3.38. The van der Waals surface area contributed by atoms with E-state index in [-0.39, 0.29) is 11.5 Å². The Morgan fingerprint density at radius 3 is 2.29 bits per heavy atom. The lowest BCUT2D eigenvalue weighted by molar-refractivity contribution is -0.138. The van der Waals surface area contributed by atoms with E-state index in [9.17, 15) is 13.2 Å². The molecule has 0 saturated carbocycles. The molecule has 1 aromatic heterocycles. The topological polar surface area (TPSA) is 12.9 Å². The first-order valence-electron chi connectivity index (χ1n) is 4.05. The van der Waals surface area contributed by atoms with E-state index < -0.39 is 16.9 Å². The molecule has 0 fully saturated rings. The minimum atomic E-state index is -4.44. The van der Waals surface area contributed by atoms with Crippen molar-refractivity contribution >= 4 is 11.6 Å². The fraction of sp³-hybridized carbons (Fsp3) is 0.444. The monoisotopic (exact) mass is 223 g/mol. The smallest absolute Gasteiger partial charge is 0.244 e. The van der Waals surface area contributed by atoms with Crippen LogP contribution in [-0.2, 0) is 6.18 Å². The van der Waals surface area contributed by atoms with Crippen LogP contribution in [0.4, 0.5) is 13.2 Å². The van der Waals surface area contributed by atoms with Gasteiger partial charge in [0.05, 0.1) is 5.56 Å². The molecule has 1 nitrogen and oxygen atoms in total. The van der Waals surface area contributed by atoms with E-state index in [1.807, 2.05) is 0 Å². The van der Waals surface area contributed by atoms with Crippen LogP contribution < -0.4 is 0 Å². The maximum atomic E-state index is 12.5. The summed E-state index contributed by atoms with van der Waals surface area (Å²) in [7, 11) is 0. The zero-order chi connectivity index (χ0) is 10.9. The molecular weight excluding hydrogens is 215 g/mol. The van der Waals surface area contributed by atoms with Crippen molar-refractivity contribution in [2.24, 2.45) is 0 Å². The second-order valence-corrected chi connectivity index (χ2v) is 3.58. The summed E-state index contributed by atoms with van der Waals surface area (Å²) in [6.45, 7) is 3.36. The van der Waals surface area contributed by atoms with Crippen molar-refractivity contribution in [3.8, 4) is 0 Å². The molecular formula is C9H9ClF3N. The number of hydrogen-bond donors (Lipinski definition) is 0. The lowest BCUT2D eigenvalue weighted by Gasteiger charge is -2.15. The Kier molecular flexibility index (Phi) is 3.04. The van der Waals surface area contributed by atoms with Gasteiger partial charge in [-0.2, -0.15) is 13.2 Å². The van der Waals surface area contributed by atoms with Gasteiger partial charge in [-0.05, 0) is 17.5 Å². The third-order valence-corrected chi connectivity index (χ3v) is 2.13. The Labute approximate surface area is 84.9 Å². The highest BCUT2D eigenvalue weighted by molar-refractivity contribution is 6.30. The van der Waals surface area contributed by atoms with Gasteiger partial charge >= 0.3 is 6.18 Å². The van der Waals surface area contributed by atoms with E-state index in [0.717, 1.165) is 0 Å². The SMILES string of the molecule is CC(C)c1ccnc(Cl)c1C(F)(F)F. The summed E-state index contributed by atoms with van der Waals surface area (Å²) in [5.74, 6) is -0.230. The number of halogens is 4. The average Bonchev–Trinajstić information content (AvgIpc) is 2.01. The molecule has 0 N–H and O–H groups in total. The molecule has 0 amide bonds. The summed E-state index contributed by atoms with van der Waals surface area (Å²) in [5.41, 5.74) is -0.644. The molecule has 0 spiro atoms. The Hall–Kier alpha value is -0.770. The summed E-state index contributed by atoms with van der Waals surface area (Å²) in [6.07, 6.45) is -3.15. The quantitative estimate of drug-likeness (QED) is 0.659. The Morgan fingerprint density at radius 2 is 1.93 bits per heavy atom. The third-order valence-electron chi connectivity index (χ3n) is 1.84. The second kappa shape index (κ2) is 3.77. The van der Waals surface area contributed by atoms with E-state index in [1.165, 1.54) is 12.3 Å². The number of hydrogen-bond acceptors (Lipinski definition) is 1. The highest BCUT2D eigenvalue weighted by Gasteiger charge is 2.37. The van der Waals surface area contributed by atoms with Crippen molar-refractivity contribution in [2.75, 3.05) is 0 Å². The van der Waals surface area contributed by atoms with Crippen LogP contribution in [0.5, 0.6) is 0 Å². The molecule has 0 aliphatic carbocycles. The third kappa shape index (κ3) is 2.18. The molecule has 0 bridgehead atoms.